The summed E-state index contributed by atoms with van der Waals surface area (Å²) in [7, 11) is 0. The van der Waals surface area contributed by atoms with Crippen LogP contribution in [-0.4, -0.2) is 16.6 Å². The molecule has 4 nitrogen and oxygen atoms in total. The molecular formula is C9H10ClNO3. The van der Waals surface area contributed by atoms with E-state index in [4.69, 9.17) is 16.7 Å². The molecule has 0 bridgehead atoms. The Kier molecular flexibility index (Phi) is 3.43. The third-order valence-electron chi connectivity index (χ3n) is 2.01. The lowest BCUT2D eigenvalue weighted by atomic mass is 10.0. The molecule has 0 aromatic heterocycles. The molecule has 1 atom stereocenters. The van der Waals surface area contributed by atoms with E-state index in [9.17, 15) is 10.1 Å². The van der Waals surface area contributed by atoms with Crippen LogP contribution in [0.4, 0.5) is 5.69 Å². The lowest BCUT2D eigenvalue weighted by Crippen LogP contribution is -2.00. The monoisotopic (exact) mass is 215 g/mol. The maximum atomic E-state index is 10.5. The highest BCUT2D eigenvalue weighted by atomic mass is 35.5. The SMILES string of the molecule is CC(CO)c1ccc(Cl)c([N+](=O)[O-])c1. The molecule has 0 radical (unpaired) electrons. The van der Waals surface area contributed by atoms with E-state index >= 15 is 0 Å². The van der Waals surface area contributed by atoms with Gasteiger partial charge in [0.05, 0.1) is 4.92 Å². The van der Waals surface area contributed by atoms with Gasteiger partial charge in [0, 0.05) is 18.6 Å². The van der Waals surface area contributed by atoms with Crippen molar-refractivity contribution in [3.05, 3.63) is 38.9 Å². The van der Waals surface area contributed by atoms with Gasteiger partial charge in [0.25, 0.3) is 5.69 Å². The molecule has 5 heteroatoms. The molecule has 1 unspecified atom stereocenters. The van der Waals surface area contributed by atoms with E-state index in [0.29, 0.717) is 5.56 Å². The molecular weight excluding hydrogens is 206 g/mol. The standard InChI is InChI=1S/C9H10ClNO3/c1-6(5-12)7-2-3-8(10)9(4-7)11(13)14/h2-4,6,12H,5H2,1H3. The molecule has 0 saturated carbocycles. The van der Waals surface area contributed by atoms with Crippen LogP contribution in [0.15, 0.2) is 18.2 Å². The highest BCUT2D eigenvalue weighted by Gasteiger charge is 2.14. The van der Waals surface area contributed by atoms with Crippen LogP contribution in [0.1, 0.15) is 18.4 Å². The fourth-order valence-electron chi connectivity index (χ4n) is 1.08. The molecule has 0 spiro atoms. The maximum Gasteiger partial charge on any atom is 0.288 e. The first kappa shape index (κ1) is 10.9. The van der Waals surface area contributed by atoms with Crippen molar-refractivity contribution in [2.75, 3.05) is 6.61 Å². The van der Waals surface area contributed by atoms with Crippen molar-refractivity contribution in [2.24, 2.45) is 0 Å². The summed E-state index contributed by atoms with van der Waals surface area (Å²) in [6.45, 7) is 1.74. The average Bonchev–Trinajstić information content (AvgIpc) is 2.17. The highest BCUT2D eigenvalue weighted by Crippen LogP contribution is 2.28. The van der Waals surface area contributed by atoms with Gasteiger partial charge in [-0.3, -0.25) is 10.1 Å². The normalized spacial score (nSPS) is 12.5. The summed E-state index contributed by atoms with van der Waals surface area (Å²) in [4.78, 5) is 10.0. The van der Waals surface area contributed by atoms with Gasteiger partial charge < -0.3 is 5.11 Å². The maximum absolute atomic E-state index is 10.5. The Bertz CT molecular complexity index is 354. The van der Waals surface area contributed by atoms with Crippen LogP contribution in [0.25, 0.3) is 0 Å². The number of aliphatic hydroxyl groups excluding tert-OH is 1. The number of nitro groups is 1. The number of rotatable bonds is 3. The van der Waals surface area contributed by atoms with Crippen molar-refractivity contribution in [1.82, 2.24) is 0 Å². The van der Waals surface area contributed by atoms with Crippen molar-refractivity contribution in [3.8, 4) is 0 Å². The summed E-state index contributed by atoms with van der Waals surface area (Å²) < 4.78 is 0. The number of hydrogen-bond donors (Lipinski definition) is 1. The van der Waals surface area contributed by atoms with Crippen molar-refractivity contribution in [2.45, 2.75) is 12.8 Å². The summed E-state index contributed by atoms with van der Waals surface area (Å²) in [6.07, 6.45) is 0. The summed E-state index contributed by atoms with van der Waals surface area (Å²) in [5.74, 6) is -0.119. The Morgan fingerprint density at radius 3 is 2.79 bits per heavy atom. The lowest BCUT2D eigenvalue weighted by molar-refractivity contribution is -0.384. The smallest absolute Gasteiger partial charge is 0.288 e. The molecule has 14 heavy (non-hydrogen) atoms. The van der Waals surface area contributed by atoms with Crippen LogP contribution in [0, 0.1) is 10.1 Å². The molecule has 1 N–H and O–H groups in total. The number of nitro benzene ring substituents is 1. The average molecular weight is 216 g/mol. The Morgan fingerprint density at radius 1 is 1.64 bits per heavy atom. The second-order valence-electron chi connectivity index (χ2n) is 3.05. The zero-order chi connectivity index (χ0) is 10.7. The molecule has 1 aromatic rings. The second-order valence-corrected chi connectivity index (χ2v) is 3.46. The van der Waals surface area contributed by atoms with Crippen molar-refractivity contribution in [1.29, 1.82) is 0 Å². The summed E-state index contributed by atoms with van der Waals surface area (Å²) >= 11 is 5.63. The summed E-state index contributed by atoms with van der Waals surface area (Å²) in [5, 5.41) is 19.5. The van der Waals surface area contributed by atoms with Gasteiger partial charge in [-0.2, -0.15) is 0 Å². The Labute approximate surface area is 86.3 Å². The quantitative estimate of drug-likeness (QED) is 0.622. The number of aliphatic hydroxyl groups is 1. The summed E-state index contributed by atoms with van der Waals surface area (Å²) in [6, 6.07) is 4.54. The van der Waals surface area contributed by atoms with Gasteiger partial charge in [0.1, 0.15) is 5.02 Å². The second kappa shape index (κ2) is 4.39. The number of benzene rings is 1. The number of hydrogen-bond acceptors (Lipinski definition) is 3. The Hall–Kier alpha value is -1.13. The molecule has 0 aliphatic heterocycles. The minimum atomic E-state index is -0.532. The van der Waals surface area contributed by atoms with Gasteiger partial charge in [0.2, 0.25) is 0 Å². The minimum Gasteiger partial charge on any atom is -0.396 e. The molecule has 1 aromatic carbocycles. The van der Waals surface area contributed by atoms with E-state index in [-0.39, 0.29) is 23.2 Å². The minimum absolute atomic E-state index is 0.0429. The first-order valence-corrected chi connectivity index (χ1v) is 4.48. The Balaban J connectivity index is 3.12. The molecule has 0 amide bonds. The van der Waals surface area contributed by atoms with Gasteiger partial charge in [-0.15, -0.1) is 0 Å². The largest absolute Gasteiger partial charge is 0.396 e. The number of nitrogens with zero attached hydrogens (tertiary/aromatic N) is 1. The molecule has 0 heterocycles. The van der Waals surface area contributed by atoms with Crippen molar-refractivity contribution in [3.63, 3.8) is 0 Å². The van der Waals surface area contributed by atoms with Gasteiger partial charge in [-0.25, -0.2) is 0 Å². The van der Waals surface area contributed by atoms with E-state index in [1.165, 1.54) is 12.1 Å². The van der Waals surface area contributed by atoms with E-state index < -0.39 is 4.92 Å². The van der Waals surface area contributed by atoms with Crippen molar-refractivity contribution >= 4 is 17.3 Å². The molecule has 76 valence electrons. The predicted molar refractivity (Wildman–Crippen MR) is 53.6 cm³/mol. The highest BCUT2D eigenvalue weighted by molar-refractivity contribution is 6.32. The first-order chi connectivity index (χ1) is 6.56. The molecule has 0 aliphatic rings. The first-order valence-electron chi connectivity index (χ1n) is 4.11. The molecule has 0 saturated heterocycles. The van der Waals surface area contributed by atoms with E-state index in [1.54, 1.807) is 13.0 Å². The molecule has 0 aliphatic carbocycles. The van der Waals surface area contributed by atoms with Gasteiger partial charge in [-0.1, -0.05) is 24.6 Å². The van der Waals surface area contributed by atoms with Gasteiger partial charge in [-0.05, 0) is 11.6 Å². The van der Waals surface area contributed by atoms with Crippen LogP contribution in [0.3, 0.4) is 0 Å². The van der Waals surface area contributed by atoms with Gasteiger partial charge >= 0.3 is 0 Å². The van der Waals surface area contributed by atoms with Crippen LogP contribution < -0.4 is 0 Å². The van der Waals surface area contributed by atoms with E-state index in [1.807, 2.05) is 0 Å². The molecule has 0 fully saturated rings. The zero-order valence-corrected chi connectivity index (χ0v) is 8.36. The fraction of sp³-hybridized carbons (Fsp3) is 0.333. The van der Waals surface area contributed by atoms with E-state index in [0.717, 1.165) is 0 Å². The van der Waals surface area contributed by atoms with Crippen LogP contribution >= 0.6 is 11.6 Å². The van der Waals surface area contributed by atoms with Gasteiger partial charge in [0.15, 0.2) is 0 Å². The van der Waals surface area contributed by atoms with Crippen molar-refractivity contribution < 1.29 is 10.0 Å². The topological polar surface area (TPSA) is 63.4 Å². The van der Waals surface area contributed by atoms with Crippen LogP contribution in [-0.2, 0) is 0 Å². The number of halogens is 1. The summed E-state index contributed by atoms with van der Waals surface area (Å²) in [5.41, 5.74) is 0.591. The van der Waals surface area contributed by atoms with Crippen LogP contribution in [0.2, 0.25) is 5.02 Å². The lowest BCUT2D eigenvalue weighted by Gasteiger charge is -2.07. The van der Waals surface area contributed by atoms with E-state index in [2.05, 4.69) is 0 Å². The fourth-order valence-corrected chi connectivity index (χ4v) is 1.27. The zero-order valence-electron chi connectivity index (χ0n) is 7.61. The third kappa shape index (κ3) is 2.21. The Morgan fingerprint density at radius 2 is 2.29 bits per heavy atom. The third-order valence-corrected chi connectivity index (χ3v) is 2.33. The predicted octanol–water partition coefficient (Wildman–Crippen LogP) is 2.34. The van der Waals surface area contributed by atoms with Crippen LogP contribution in [0.5, 0.6) is 0 Å². The molecule has 1 rings (SSSR count).